The van der Waals surface area contributed by atoms with Gasteiger partial charge in [0.25, 0.3) is 0 Å². The molecule has 6 atom stereocenters. The molecule has 1 nitrogen and oxygen atoms in total. The Kier molecular flexibility index (Phi) is 5.37. The van der Waals surface area contributed by atoms with Gasteiger partial charge in [-0.3, -0.25) is 4.90 Å². The van der Waals surface area contributed by atoms with Gasteiger partial charge in [0.2, 0.25) is 0 Å². The van der Waals surface area contributed by atoms with Crippen molar-refractivity contribution in [1.82, 2.24) is 4.90 Å². The van der Waals surface area contributed by atoms with Crippen LogP contribution < -0.4 is 0 Å². The third kappa shape index (κ3) is 3.55. The van der Waals surface area contributed by atoms with Gasteiger partial charge in [0.15, 0.2) is 0 Å². The maximum atomic E-state index is 2.87. The van der Waals surface area contributed by atoms with Crippen LogP contribution in [0.25, 0.3) is 0 Å². The third-order valence-electron chi connectivity index (χ3n) is 6.48. The lowest BCUT2D eigenvalue weighted by molar-refractivity contribution is -0.160. The van der Waals surface area contributed by atoms with Gasteiger partial charge in [-0.15, -0.1) is 0 Å². The van der Waals surface area contributed by atoms with Gasteiger partial charge in [0, 0.05) is 18.1 Å². The van der Waals surface area contributed by atoms with Crippen molar-refractivity contribution in [2.24, 2.45) is 35.0 Å². The number of fused-ring (bicyclic) bond motifs is 2. The van der Waals surface area contributed by atoms with Crippen molar-refractivity contribution >= 4 is 0 Å². The summed E-state index contributed by atoms with van der Waals surface area (Å²) < 4.78 is 0. The maximum Gasteiger partial charge on any atom is 0.0137 e. The highest BCUT2D eigenvalue weighted by atomic mass is 15.2. The predicted octanol–water partition coefficient (Wildman–Crippen LogP) is 5.84. The average Bonchev–Trinajstić information content (AvgIpc) is 2.26. The molecular weight excluding hydrogens is 266 g/mol. The van der Waals surface area contributed by atoms with Crippen molar-refractivity contribution in [2.45, 2.75) is 99.7 Å². The van der Waals surface area contributed by atoms with Crippen LogP contribution in [0.15, 0.2) is 0 Å². The molecule has 3 aliphatic rings. The number of hydrogen-bond acceptors (Lipinski definition) is 1. The van der Waals surface area contributed by atoms with Crippen LogP contribution in [0.1, 0.15) is 81.6 Å². The second-order valence-electron chi connectivity index (χ2n) is 10.3. The number of piperidine rings is 2. The van der Waals surface area contributed by atoms with Gasteiger partial charge >= 0.3 is 0 Å². The molecular formula is C21H41N. The SMILES string of the molecule is CC(CC1C2CC(C2C(C)C)N(C(C)C)C1C)CC(C)(C)C. The summed E-state index contributed by atoms with van der Waals surface area (Å²) in [6, 6.07) is 2.35. The van der Waals surface area contributed by atoms with Gasteiger partial charge in [0.1, 0.15) is 0 Å². The van der Waals surface area contributed by atoms with Gasteiger partial charge in [0.05, 0.1) is 0 Å². The minimum atomic E-state index is 0.467. The average molecular weight is 308 g/mol. The lowest BCUT2D eigenvalue weighted by Gasteiger charge is -2.65. The standard InChI is InChI=1S/C21H41N/c1-13(2)20-18-11-19(20)22(14(3)4)16(6)17(18)10-15(5)12-21(7,8)9/h13-20H,10-12H2,1-9H3. The first-order valence-electron chi connectivity index (χ1n) is 9.80. The van der Waals surface area contributed by atoms with Crippen molar-refractivity contribution in [3.05, 3.63) is 0 Å². The Labute approximate surface area is 140 Å². The summed E-state index contributed by atoms with van der Waals surface area (Å²) in [4.78, 5) is 2.87. The highest BCUT2D eigenvalue weighted by molar-refractivity contribution is 5.08. The molecule has 0 radical (unpaired) electrons. The van der Waals surface area contributed by atoms with Crippen LogP contribution in [-0.2, 0) is 0 Å². The Morgan fingerprint density at radius 3 is 2.09 bits per heavy atom. The molecule has 22 heavy (non-hydrogen) atoms. The first-order chi connectivity index (χ1) is 10.0. The van der Waals surface area contributed by atoms with Gasteiger partial charge in [-0.1, -0.05) is 41.5 Å². The molecule has 3 rings (SSSR count). The molecule has 0 spiro atoms. The summed E-state index contributed by atoms with van der Waals surface area (Å²) in [5.41, 5.74) is 0.467. The lowest BCUT2D eigenvalue weighted by Crippen LogP contribution is -2.68. The summed E-state index contributed by atoms with van der Waals surface area (Å²) in [6.07, 6.45) is 4.26. The van der Waals surface area contributed by atoms with E-state index in [4.69, 9.17) is 0 Å². The topological polar surface area (TPSA) is 3.24 Å². The Morgan fingerprint density at radius 1 is 1.05 bits per heavy atom. The van der Waals surface area contributed by atoms with E-state index in [9.17, 15) is 0 Å². The van der Waals surface area contributed by atoms with E-state index in [1.807, 2.05) is 0 Å². The van der Waals surface area contributed by atoms with Crippen molar-refractivity contribution in [3.8, 4) is 0 Å². The summed E-state index contributed by atoms with van der Waals surface area (Å²) in [6.45, 7) is 21.9. The summed E-state index contributed by atoms with van der Waals surface area (Å²) >= 11 is 0. The Bertz CT molecular complexity index is 363. The van der Waals surface area contributed by atoms with E-state index in [1.165, 1.54) is 19.3 Å². The molecule has 6 unspecified atom stereocenters. The lowest BCUT2D eigenvalue weighted by atomic mass is 9.52. The van der Waals surface area contributed by atoms with E-state index in [0.29, 0.717) is 11.5 Å². The van der Waals surface area contributed by atoms with Crippen LogP contribution in [0.4, 0.5) is 0 Å². The monoisotopic (exact) mass is 307 g/mol. The van der Waals surface area contributed by atoms with E-state index in [-0.39, 0.29) is 0 Å². The molecule has 2 bridgehead atoms. The second kappa shape index (κ2) is 6.46. The molecule has 1 aliphatic carbocycles. The molecule has 0 aromatic heterocycles. The molecule has 1 heteroatoms. The van der Waals surface area contributed by atoms with Crippen LogP contribution in [0.3, 0.4) is 0 Å². The predicted molar refractivity (Wildman–Crippen MR) is 98.0 cm³/mol. The maximum absolute atomic E-state index is 2.87. The first kappa shape index (κ1) is 18.3. The van der Waals surface area contributed by atoms with Crippen molar-refractivity contribution in [1.29, 1.82) is 0 Å². The smallest absolute Gasteiger partial charge is 0.0137 e. The summed E-state index contributed by atoms with van der Waals surface area (Å²) in [5, 5.41) is 0. The fourth-order valence-corrected chi connectivity index (χ4v) is 6.10. The molecule has 2 saturated heterocycles. The van der Waals surface area contributed by atoms with Crippen LogP contribution >= 0.6 is 0 Å². The largest absolute Gasteiger partial charge is 0.295 e. The van der Waals surface area contributed by atoms with Crippen molar-refractivity contribution in [2.75, 3.05) is 0 Å². The first-order valence-corrected chi connectivity index (χ1v) is 9.80. The molecule has 130 valence electrons. The van der Waals surface area contributed by atoms with Crippen LogP contribution in [0.5, 0.6) is 0 Å². The van der Waals surface area contributed by atoms with Gasteiger partial charge < -0.3 is 0 Å². The summed E-state index contributed by atoms with van der Waals surface area (Å²) in [7, 11) is 0. The minimum absolute atomic E-state index is 0.467. The highest BCUT2D eigenvalue weighted by Gasteiger charge is 2.56. The molecule has 1 saturated carbocycles. The van der Waals surface area contributed by atoms with Gasteiger partial charge in [-0.05, 0) is 75.0 Å². The number of rotatable bonds is 5. The summed E-state index contributed by atoms with van der Waals surface area (Å²) in [5.74, 6) is 4.56. The van der Waals surface area contributed by atoms with Crippen molar-refractivity contribution in [3.63, 3.8) is 0 Å². The number of hydrogen-bond donors (Lipinski definition) is 0. The van der Waals surface area contributed by atoms with E-state index in [0.717, 1.165) is 41.7 Å². The molecule has 0 aromatic carbocycles. The quantitative estimate of drug-likeness (QED) is 0.617. The molecule has 3 fully saturated rings. The molecule has 0 amide bonds. The Balaban J connectivity index is 2.11. The van der Waals surface area contributed by atoms with Crippen LogP contribution in [0.2, 0.25) is 0 Å². The zero-order valence-corrected chi connectivity index (χ0v) is 16.7. The second-order valence-corrected chi connectivity index (χ2v) is 10.3. The van der Waals surface area contributed by atoms with E-state index in [1.54, 1.807) is 0 Å². The minimum Gasteiger partial charge on any atom is -0.295 e. The Morgan fingerprint density at radius 2 is 1.64 bits per heavy atom. The van der Waals surface area contributed by atoms with E-state index >= 15 is 0 Å². The van der Waals surface area contributed by atoms with Crippen molar-refractivity contribution < 1.29 is 0 Å². The zero-order valence-electron chi connectivity index (χ0n) is 16.7. The molecule has 0 N–H and O–H groups in total. The van der Waals surface area contributed by atoms with Crippen LogP contribution in [0, 0.1) is 35.0 Å². The normalized spacial score (nSPS) is 37.5. The zero-order chi connectivity index (χ0) is 16.8. The van der Waals surface area contributed by atoms with E-state index < -0.39 is 0 Å². The Hall–Kier alpha value is -0.0400. The van der Waals surface area contributed by atoms with Gasteiger partial charge in [-0.25, -0.2) is 0 Å². The van der Waals surface area contributed by atoms with E-state index in [2.05, 4.69) is 67.2 Å². The van der Waals surface area contributed by atoms with Gasteiger partial charge in [-0.2, -0.15) is 0 Å². The highest BCUT2D eigenvalue weighted by Crippen LogP contribution is 2.56. The third-order valence-corrected chi connectivity index (χ3v) is 6.48. The fraction of sp³-hybridized carbons (Fsp3) is 1.00. The molecule has 0 aromatic rings. The van der Waals surface area contributed by atoms with Crippen LogP contribution in [-0.4, -0.2) is 23.0 Å². The fourth-order valence-electron chi connectivity index (χ4n) is 6.10. The molecule has 2 aliphatic heterocycles. The number of nitrogens with zero attached hydrogens (tertiary/aromatic N) is 1. The molecule has 2 heterocycles.